The van der Waals surface area contributed by atoms with E-state index < -0.39 is 23.5 Å². The van der Waals surface area contributed by atoms with Gasteiger partial charge in [-0.3, -0.25) is 4.90 Å². The number of nitrogens with zero attached hydrogens (tertiary/aromatic N) is 4. The average Bonchev–Trinajstić information content (AvgIpc) is 2.45. The van der Waals surface area contributed by atoms with E-state index in [1.807, 2.05) is 18.7 Å². The Kier molecular flexibility index (Phi) is 5.24. The molecule has 0 aromatic carbocycles. The predicted octanol–water partition coefficient (Wildman–Crippen LogP) is 2.77. The number of rotatable bonds is 3. The number of aromatic nitrogens is 2. The van der Waals surface area contributed by atoms with Crippen LogP contribution in [0.15, 0.2) is 6.07 Å². The lowest BCUT2D eigenvalue weighted by molar-refractivity contribution is -0.141. The number of carboxylic acid groups (broad SMARTS) is 1. The quantitative estimate of drug-likeness (QED) is 0.833. The maximum absolute atomic E-state index is 12.8. The molecular weight excluding hydrogens is 349 g/mol. The van der Waals surface area contributed by atoms with Gasteiger partial charge in [-0.1, -0.05) is 11.6 Å². The van der Waals surface area contributed by atoms with Gasteiger partial charge >= 0.3 is 12.3 Å². The van der Waals surface area contributed by atoms with E-state index in [1.165, 1.54) is 4.90 Å². The van der Waals surface area contributed by atoms with Crippen molar-refractivity contribution < 1.29 is 23.1 Å². The van der Waals surface area contributed by atoms with Crippen molar-refractivity contribution in [2.24, 2.45) is 0 Å². The standard InChI is InChI=1S/C14H18ClF3N4O2/c1-13(2,22-5-3-21(4-6-22)12(23)24)8-11-19-9(14(16,17)18)7-10(15)20-11/h7H,3-6,8H2,1-2H3,(H,23,24). The van der Waals surface area contributed by atoms with Crippen LogP contribution in [0.1, 0.15) is 25.4 Å². The predicted molar refractivity (Wildman–Crippen MR) is 81.0 cm³/mol. The smallest absolute Gasteiger partial charge is 0.433 e. The lowest BCUT2D eigenvalue weighted by Gasteiger charge is -2.43. The molecule has 1 aromatic rings. The summed E-state index contributed by atoms with van der Waals surface area (Å²) >= 11 is 5.69. The third-order valence-electron chi connectivity index (χ3n) is 4.03. The Labute approximate surface area is 142 Å². The molecular formula is C14H18ClF3N4O2. The Hall–Kier alpha value is -1.61. The van der Waals surface area contributed by atoms with Crippen LogP contribution in [0, 0.1) is 0 Å². The molecule has 0 saturated carbocycles. The van der Waals surface area contributed by atoms with Crippen molar-refractivity contribution in [3.63, 3.8) is 0 Å². The van der Waals surface area contributed by atoms with Gasteiger partial charge < -0.3 is 10.0 Å². The zero-order chi connectivity index (χ0) is 18.1. The molecule has 1 N–H and O–H groups in total. The minimum Gasteiger partial charge on any atom is -0.465 e. The van der Waals surface area contributed by atoms with E-state index in [4.69, 9.17) is 16.7 Å². The first kappa shape index (κ1) is 18.7. The third kappa shape index (κ3) is 4.47. The van der Waals surface area contributed by atoms with Gasteiger partial charge in [0.25, 0.3) is 0 Å². The van der Waals surface area contributed by atoms with Crippen LogP contribution in [0.4, 0.5) is 18.0 Å². The van der Waals surface area contributed by atoms with Crippen LogP contribution in [0.3, 0.4) is 0 Å². The number of halogens is 4. The summed E-state index contributed by atoms with van der Waals surface area (Å²) in [6.07, 6.45) is -5.39. The highest BCUT2D eigenvalue weighted by molar-refractivity contribution is 6.29. The molecule has 1 aromatic heterocycles. The highest BCUT2D eigenvalue weighted by Crippen LogP contribution is 2.30. The number of hydrogen-bond acceptors (Lipinski definition) is 4. The van der Waals surface area contributed by atoms with Crippen LogP contribution < -0.4 is 0 Å². The van der Waals surface area contributed by atoms with Crippen molar-refractivity contribution in [2.75, 3.05) is 26.2 Å². The van der Waals surface area contributed by atoms with Crippen LogP contribution in [0.25, 0.3) is 0 Å². The molecule has 0 radical (unpaired) electrons. The molecule has 2 heterocycles. The minimum atomic E-state index is -4.58. The van der Waals surface area contributed by atoms with Crippen molar-refractivity contribution in [1.29, 1.82) is 0 Å². The van der Waals surface area contributed by atoms with Crippen molar-refractivity contribution in [1.82, 2.24) is 19.8 Å². The monoisotopic (exact) mass is 366 g/mol. The van der Waals surface area contributed by atoms with Crippen LogP contribution >= 0.6 is 11.6 Å². The maximum Gasteiger partial charge on any atom is 0.433 e. The summed E-state index contributed by atoms with van der Waals surface area (Å²) in [5, 5.41) is 8.71. The molecule has 1 amide bonds. The summed E-state index contributed by atoms with van der Waals surface area (Å²) in [7, 11) is 0. The number of amides is 1. The van der Waals surface area contributed by atoms with Crippen LogP contribution in [-0.2, 0) is 12.6 Å². The molecule has 134 valence electrons. The fourth-order valence-corrected chi connectivity index (χ4v) is 2.89. The first-order valence-electron chi connectivity index (χ1n) is 7.32. The second-order valence-electron chi connectivity index (χ2n) is 6.24. The fraction of sp³-hybridized carbons (Fsp3) is 0.643. The van der Waals surface area contributed by atoms with Crippen molar-refractivity contribution in [2.45, 2.75) is 32.0 Å². The lowest BCUT2D eigenvalue weighted by Crippen LogP contribution is -2.56. The van der Waals surface area contributed by atoms with Gasteiger partial charge in [-0.2, -0.15) is 13.2 Å². The number of carbonyl (C=O) groups is 1. The second kappa shape index (κ2) is 6.72. The van der Waals surface area contributed by atoms with Gasteiger partial charge in [0.2, 0.25) is 0 Å². The van der Waals surface area contributed by atoms with Crippen molar-refractivity contribution >= 4 is 17.7 Å². The van der Waals surface area contributed by atoms with Gasteiger partial charge in [0, 0.05) is 44.2 Å². The van der Waals surface area contributed by atoms with Gasteiger partial charge in [0.15, 0.2) is 0 Å². The highest BCUT2D eigenvalue weighted by Gasteiger charge is 2.36. The van der Waals surface area contributed by atoms with Crippen molar-refractivity contribution in [3.05, 3.63) is 22.7 Å². The first-order valence-corrected chi connectivity index (χ1v) is 7.70. The summed E-state index contributed by atoms with van der Waals surface area (Å²) in [5.41, 5.74) is -1.60. The van der Waals surface area contributed by atoms with E-state index in [2.05, 4.69) is 9.97 Å². The molecule has 0 bridgehead atoms. The van der Waals surface area contributed by atoms with Crippen LogP contribution in [-0.4, -0.2) is 62.7 Å². The summed E-state index contributed by atoms with van der Waals surface area (Å²) < 4.78 is 38.5. The summed E-state index contributed by atoms with van der Waals surface area (Å²) in [5.74, 6) is 0.0143. The molecule has 6 nitrogen and oxygen atoms in total. The SMILES string of the molecule is CC(C)(Cc1nc(Cl)cc(C(F)(F)F)n1)N1CCN(C(=O)O)CC1. The van der Waals surface area contributed by atoms with E-state index in [-0.39, 0.29) is 17.4 Å². The minimum absolute atomic E-state index is 0.0143. The Morgan fingerprint density at radius 3 is 2.33 bits per heavy atom. The average molecular weight is 367 g/mol. The van der Waals surface area contributed by atoms with Gasteiger partial charge in [-0.25, -0.2) is 14.8 Å². The molecule has 0 unspecified atom stereocenters. The molecule has 0 aliphatic carbocycles. The molecule has 0 atom stereocenters. The molecule has 1 fully saturated rings. The lowest BCUT2D eigenvalue weighted by atomic mass is 9.96. The van der Waals surface area contributed by atoms with Gasteiger partial charge in [-0.15, -0.1) is 0 Å². The Morgan fingerprint density at radius 2 is 1.83 bits per heavy atom. The molecule has 10 heteroatoms. The largest absolute Gasteiger partial charge is 0.465 e. The highest BCUT2D eigenvalue weighted by atomic mass is 35.5. The topological polar surface area (TPSA) is 69.6 Å². The van der Waals surface area contributed by atoms with Crippen LogP contribution in [0.5, 0.6) is 0 Å². The zero-order valence-electron chi connectivity index (χ0n) is 13.3. The summed E-state index contributed by atoms with van der Waals surface area (Å²) in [6, 6.07) is 0.698. The molecule has 1 aliphatic heterocycles. The van der Waals surface area contributed by atoms with Gasteiger partial charge in [0.05, 0.1) is 0 Å². The number of hydrogen-bond donors (Lipinski definition) is 1. The fourth-order valence-electron chi connectivity index (χ4n) is 2.69. The zero-order valence-corrected chi connectivity index (χ0v) is 14.0. The molecule has 2 rings (SSSR count). The Balaban J connectivity index is 2.12. The first-order chi connectivity index (χ1) is 11.0. The Bertz CT molecular complexity index is 617. The molecule has 24 heavy (non-hydrogen) atoms. The van der Waals surface area contributed by atoms with E-state index in [1.54, 1.807) is 0 Å². The summed E-state index contributed by atoms with van der Waals surface area (Å²) in [4.78, 5) is 21.7. The molecule has 1 saturated heterocycles. The summed E-state index contributed by atoms with van der Waals surface area (Å²) in [6.45, 7) is 5.41. The van der Waals surface area contributed by atoms with Gasteiger partial charge in [0.1, 0.15) is 16.7 Å². The normalized spacial score (nSPS) is 17.2. The van der Waals surface area contributed by atoms with Crippen molar-refractivity contribution in [3.8, 4) is 0 Å². The van der Waals surface area contributed by atoms with E-state index in [0.29, 0.717) is 32.2 Å². The molecule has 0 spiro atoms. The van der Waals surface area contributed by atoms with Gasteiger partial charge in [-0.05, 0) is 13.8 Å². The number of alkyl halides is 3. The second-order valence-corrected chi connectivity index (χ2v) is 6.62. The van der Waals surface area contributed by atoms with Crippen LogP contribution in [0.2, 0.25) is 5.15 Å². The Morgan fingerprint density at radius 1 is 1.25 bits per heavy atom. The molecule has 1 aliphatic rings. The number of piperazine rings is 1. The maximum atomic E-state index is 12.8. The van der Waals surface area contributed by atoms with E-state index in [0.717, 1.165) is 0 Å². The third-order valence-corrected chi connectivity index (χ3v) is 4.22. The van der Waals surface area contributed by atoms with E-state index >= 15 is 0 Å². The van der Waals surface area contributed by atoms with E-state index in [9.17, 15) is 18.0 Å².